The highest BCUT2D eigenvalue weighted by Gasteiger charge is 2.19. The Kier molecular flexibility index (Phi) is 8.67. The number of hydrogen-bond donors (Lipinski definition) is 1. The summed E-state index contributed by atoms with van der Waals surface area (Å²) < 4.78 is 15.9. The number of nitrogens with zero attached hydrogens (tertiary/aromatic N) is 3. The van der Waals surface area contributed by atoms with Crippen LogP contribution in [-0.4, -0.2) is 67.3 Å². The summed E-state index contributed by atoms with van der Waals surface area (Å²) >= 11 is 0. The molecule has 1 atom stereocenters. The van der Waals surface area contributed by atoms with E-state index in [0.717, 1.165) is 25.1 Å². The van der Waals surface area contributed by atoms with Crippen LogP contribution in [0.25, 0.3) is 11.4 Å². The average Bonchev–Trinajstić information content (AvgIpc) is 2.82. The third-order valence-corrected chi connectivity index (χ3v) is 5.78. The zero-order valence-electron chi connectivity index (χ0n) is 19.5. The minimum atomic E-state index is -0.432. The fraction of sp³-hybridized carbons (Fsp3) is 0.542. The highest BCUT2D eigenvalue weighted by Crippen LogP contribution is 2.31. The van der Waals surface area contributed by atoms with Crippen molar-refractivity contribution in [3.05, 3.63) is 30.0 Å². The quantitative estimate of drug-likeness (QED) is 0.436. The van der Waals surface area contributed by atoms with Crippen LogP contribution in [0.2, 0.25) is 0 Å². The number of aromatic nitrogens is 2. The molecule has 1 fully saturated rings. The molecule has 1 N–H and O–H groups in total. The van der Waals surface area contributed by atoms with Crippen LogP contribution in [0, 0.1) is 0 Å². The number of esters is 1. The lowest BCUT2D eigenvalue weighted by atomic mass is 10.0. The number of methoxy groups -OCH3 is 2. The second-order valence-electron chi connectivity index (χ2n) is 7.91. The Morgan fingerprint density at radius 1 is 1.22 bits per heavy atom. The second kappa shape index (κ2) is 11.7. The number of carbonyl (C=O) groups excluding carboxylic acids is 1. The third-order valence-electron chi connectivity index (χ3n) is 5.78. The summed E-state index contributed by atoms with van der Waals surface area (Å²) in [5, 5.41) is 3.33. The van der Waals surface area contributed by atoms with E-state index in [1.807, 2.05) is 18.2 Å². The number of ether oxygens (including phenoxy) is 3. The van der Waals surface area contributed by atoms with Crippen LogP contribution in [0.15, 0.2) is 24.4 Å². The summed E-state index contributed by atoms with van der Waals surface area (Å²) in [5.41, 5.74) is 1.10. The molecule has 2 heterocycles. The molecule has 1 aromatic carbocycles. The molecular weight excluding hydrogens is 408 g/mol. The monoisotopic (exact) mass is 442 g/mol. The maximum Gasteiger partial charge on any atom is 0.343 e. The first-order valence-corrected chi connectivity index (χ1v) is 11.3. The summed E-state index contributed by atoms with van der Waals surface area (Å²) in [7, 11) is 3.18. The van der Waals surface area contributed by atoms with Gasteiger partial charge in [0.1, 0.15) is 11.4 Å². The van der Waals surface area contributed by atoms with Gasteiger partial charge in [-0.05, 0) is 57.9 Å². The lowest BCUT2D eigenvalue weighted by Gasteiger charge is -2.33. The van der Waals surface area contributed by atoms with Gasteiger partial charge in [0, 0.05) is 30.9 Å². The average molecular weight is 443 g/mol. The van der Waals surface area contributed by atoms with E-state index in [2.05, 4.69) is 27.1 Å². The number of rotatable bonds is 10. The van der Waals surface area contributed by atoms with Gasteiger partial charge in [0.2, 0.25) is 0 Å². The minimum Gasteiger partial charge on any atom is -0.493 e. The first kappa shape index (κ1) is 23.8. The lowest BCUT2D eigenvalue weighted by Crippen LogP contribution is -2.38. The van der Waals surface area contributed by atoms with E-state index in [0.29, 0.717) is 47.9 Å². The van der Waals surface area contributed by atoms with Crippen molar-refractivity contribution in [3.63, 3.8) is 0 Å². The van der Waals surface area contributed by atoms with Crippen LogP contribution < -0.4 is 14.8 Å². The van der Waals surface area contributed by atoms with Crippen LogP contribution >= 0.6 is 0 Å². The third kappa shape index (κ3) is 5.88. The summed E-state index contributed by atoms with van der Waals surface area (Å²) in [4.78, 5) is 24.0. The van der Waals surface area contributed by atoms with Crippen LogP contribution in [0.5, 0.6) is 11.5 Å². The van der Waals surface area contributed by atoms with Crippen molar-refractivity contribution < 1.29 is 19.0 Å². The van der Waals surface area contributed by atoms with Crippen molar-refractivity contribution in [2.75, 3.05) is 45.8 Å². The van der Waals surface area contributed by atoms with Crippen LogP contribution in [-0.2, 0) is 4.74 Å². The molecule has 0 spiro atoms. The molecule has 32 heavy (non-hydrogen) atoms. The summed E-state index contributed by atoms with van der Waals surface area (Å²) in [6.07, 6.45) is 6.33. The van der Waals surface area contributed by atoms with E-state index in [-0.39, 0.29) is 0 Å². The predicted molar refractivity (Wildman–Crippen MR) is 125 cm³/mol. The molecule has 0 bridgehead atoms. The molecule has 3 rings (SSSR count). The fourth-order valence-electron chi connectivity index (χ4n) is 3.97. The van der Waals surface area contributed by atoms with Crippen LogP contribution in [0.1, 0.15) is 49.9 Å². The number of hydrogen-bond acceptors (Lipinski definition) is 8. The number of nitrogens with one attached hydrogen (secondary N) is 1. The van der Waals surface area contributed by atoms with Crippen LogP contribution in [0.3, 0.4) is 0 Å². The van der Waals surface area contributed by atoms with Crippen molar-refractivity contribution in [2.45, 2.75) is 45.6 Å². The first-order valence-electron chi connectivity index (χ1n) is 11.3. The maximum absolute atomic E-state index is 12.4. The van der Waals surface area contributed by atoms with Gasteiger partial charge in [-0.3, -0.25) is 0 Å². The Bertz CT molecular complexity index is 906. The molecule has 1 aliphatic rings. The molecule has 0 saturated carbocycles. The number of benzene rings is 1. The van der Waals surface area contributed by atoms with E-state index < -0.39 is 5.97 Å². The maximum atomic E-state index is 12.4. The van der Waals surface area contributed by atoms with Gasteiger partial charge in [-0.15, -0.1) is 0 Å². The van der Waals surface area contributed by atoms with Crippen molar-refractivity contribution in [1.29, 1.82) is 0 Å². The van der Waals surface area contributed by atoms with E-state index in [1.54, 1.807) is 21.1 Å². The van der Waals surface area contributed by atoms with Gasteiger partial charge in [0.15, 0.2) is 17.3 Å². The standard InChI is InChI=1S/C24H34N4O4/c1-5-32-24(29)19-16-26-22(18-10-11-20(30-3)21(15-18)31-4)27-23(19)25-12-8-14-28-13-7-6-9-17(28)2/h10-11,15-17H,5-9,12-14H2,1-4H3,(H,25,26,27). The smallest absolute Gasteiger partial charge is 0.343 e. The van der Waals surface area contributed by atoms with E-state index in [9.17, 15) is 4.79 Å². The van der Waals surface area contributed by atoms with E-state index in [1.165, 1.54) is 25.5 Å². The molecule has 0 radical (unpaired) electrons. The van der Waals surface area contributed by atoms with Gasteiger partial charge < -0.3 is 24.4 Å². The number of anilines is 1. The Hall–Kier alpha value is -2.87. The highest BCUT2D eigenvalue weighted by atomic mass is 16.5. The zero-order valence-corrected chi connectivity index (χ0v) is 19.5. The number of piperidine rings is 1. The molecular formula is C24H34N4O4. The fourth-order valence-corrected chi connectivity index (χ4v) is 3.97. The molecule has 0 amide bonds. The molecule has 1 unspecified atom stereocenters. The molecule has 1 aliphatic heterocycles. The first-order chi connectivity index (χ1) is 15.6. The van der Waals surface area contributed by atoms with Gasteiger partial charge in [-0.1, -0.05) is 6.42 Å². The lowest BCUT2D eigenvalue weighted by molar-refractivity contribution is 0.0526. The summed E-state index contributed by atoms with van der Waals surface area (Å²) in [5.74, 6) is 1.76. The molecule has 0 aliphatic carbocycles. The SMILES string of the molecule is CCOC(=O)c1cnc(-c2ccc(OC)c(OC)c2)nc1NCCCN1CCCCC1C. The van der Waals surface area contributed by atoms with E-state index >= 15 is 0 Å². The molecule has 174 valence electrons. The molecule has 8 heteroatoms. The van der Waals surface area contributed by atoms with E-state index in [4.69, 9.17) is 14.2 Å². The van der Waals surface area contributed by atoms with Gasteiger partial charge in [-0.2, -0.15) is 0 Å². The Balaban J connectivity index is 1.76. The van der Waals surface area contributed by atoms with Gasteiger partial charge >= 0.3 is 5.97 Å². The topological polar surface area (TPSA) is 85.8 Å². The van der Waals surface area contributed by atoms with Crippen molar-refractivity contribution in [3.8, 4) is 22.9 Å². The minimum absolute atomic E-state index is 0.294. The molecule has 2 aromatic rings. The number of carbonyl (C=O) groups is 1. The van der Waals surface area contributed by atoms with Gasteiger partial charge in [0.05, 0.1) is 20.8 Å². The van der Waals surface area contributed by atoms with Gasteiger partial charge in [0.25, 0.3) is 0 Å². The molecule has 1 saturated heterocycles. The molecule has 8 nitrogen and oxygen atoms in total. The molecule has 1 aromatic heterocycles. The summed E-state index contributed by atoms with van der Waals surface area (Å²) in [6.45, 7) is 7.26. The highest BCUT2D eigenvalue weighted by molar-refractivity contribution is 5.94. The zero-order chi connectivity index (χ0) is 22.9. The van der Waals surface area contributed by atoms with Gasteiger partial charge in [-0.25, -0.2) is 14.8 Å². The number of likely N-dealkylation sites (tertiary alicyclic amines) is 1. The van der Waals surface area contributed by atoms with Crippen LogP contribution in [0.4, 0.5) is 5.82 Å². The normalized spacial score (nSPS) is 16.4. The Labute approximate surface area is 190 Å². The summed E-state index contributed by atoms with van der Waals surface area (Å²) in [6, 6.07) is 6.13. The van der Waals surface area contributed by atoms with Crippen molar-refractivity contribution in [2.24, 2.45) is 0 Å². The Morgan fingerprint density at radius 2 is 2.03 bits per heavy atom. The second-order valence-corrected chi connectivity index (χ2v) is 7.91. The largest absolute Gasteiger partial charge is 0.493 e. The Morgan fingerprint density at radius 3 is 2.75 bits per heavy atom. The van der Waals surface area contributed by atoms with Crippen molar-refractivity contribution >= 4 is 11.8 Å². The van der Waals surface area contributed by atoms with Crippen molar-refractivity contribution in [1.82, 2.24) is 14.9 Å². The predicted octanol–water partition coefficient (Wildman–Crippen LogP) is 4.01.